The highest BCUT2D eigenvalue weighted by molar-refractivity contribution is 7.11. The van der Waals surface area contributed by atoms with Crippen molar-refractivity contribution in [2.75, 3.05) is 7.05 Å². The summed E-state index contributed by atoms with van der Waals surface area (Å²) in [5.74, 6) is 0.767. The minimum Gasteiger partial charge on any atom is -0.372 e. The van der Waals surface area contributed by atoms with Crippen molar-refractivity contribution in [1.29, 1.82) is 0 Å². The number of nitrogens with one attached hydrogen (secondary N) is 2. The van der Waals surface area contributed by atoms with Gasteiger partial charge in [0.05, 0.1) is 19.8 Å². The van der Waals surface area contributed by atoms with E-state index in [4.69, 9.17) is 4.74 Å². The number of guanidine groups is 1. The summed E-state index contributed by atoms with van der Waals surface area (Å²) >= 11 is 1.69. The van der Waals surface area contributed by atoms with Crippen molar-refractivity contribution in [2.24, 2.45) is 4.99 Å². The van der Waals surface area contributed by atoms with Crippen molar-refractivity contribution >= 4 is 17.3 Å². The fraction of sp³-hybridized carbons (Fsp3) is 0.273. The molecule has 0 aliphatic carbocycles. The van der Waals surface area contributed by atoms with E-state index in [2.05, 4.69) is 63.9 Å². The minimum atomic E-state index is 0.610. The summed E-state index contributed by atoms with van der Waals surface area (Å²) < 4.78 is 5.79. The molecule has 0 amide bonds. The molecule has 28 heavy (non-hydrogen) atoms. The van der Waals surface area contributed by atoms with Crippen molar-refractivity contribution in [3.05, 3.63) is 87.4 Å². The van der Waals surface area contributed by atoms with Crippen molar-refractivity contribution in [3.63, 3.8) is 0 Å². The number of rotatable bonds is 8. The predicted molar refractivity (Wildman–Crippen MR) is 115 cm³/mol. The maximum Gasteiger partial charge on any atom is 0.191 e. The van der Waals surface area contributed by atoms with Crippen LogP contribution in [-0.2, 0) is 31.0 Å². The maximum absolute atomic E-state index is 5.79. The third-order valence-electron chi connectivity index (χ3n) is 4.16. The van der Waals surface area contributed by atoms with E-state index < -0.39 is 0 Å². The topological polar surface area (TPSA) is 58.5 Å². The van der Waals surface area contributed by atoms with Crippen LogP contribution >= 0.6 is 11.3 Å². The number of ether oxygens (including phenoxy) is 1. The second-order valence-corrected chi connectivity index (χ2v) is 7.76. The Balaban J connectivity index is 1.40. The predicted octanol–water partition coefficient (Wildman–Crippen LogP) is 4.03. The van der Waals surface area contributed by atoms with E-state index in [0.29, 0.717) is 26.3 Å². The first-order valence-corrected chi connectivity index (χ1v) is 10.1. The number of hydrogen-bond donors (Lipinski definition) is 2. The van der Waals surface area contributed by atoms with Gasteiger partial charge in [0.2, 0.25) is 0 Å². The summed E-state index contributed by atoms with van der Waals surface area (Å²) in [7, 11) is 1.77. The van der Waals surface area contributed by atoms with Crippen molar-refractivity contribution in [3.8, 4) is 0 Å². The largest absolute Gasteiger partial charge is 0.372 e. The molecule has 0 aliphatic heterocycles. The molecule has 6 heteroatoms. The molecule has 1 aromatic heterocycles. The van der Waals surface area contributed by atoms with Gasteiger partial charge in [-0.25, -0.2) is 4.98 Å². The van der Waals surface area contributed by atoms with Gasteiger partial charge in [0.1, 0.15) is 5.01 Å². The van der Waals surface area contributed by atoms with Crippen molar-refractivity contribution in [1.82, 2.24) is 15.6 Å². The average Bonchev–Trinajstić information content (AvgIpc) is 3.15. The molecule has 0 fully saturated rings. The van der Waals surface area contributed by atoms with Crippen LogP contribution in [0.3, 0.4) is 0 Å². The van der Waals surface area contributed by atoms with E-state index in [1.807, 2.05) is 24.4 Å². The Kier molecular flexibility index (Phi) is 7.58. The van der Waals surface area contributed by atoms with Crippen molar-refractivity contribution < 1.29 is 4.74 Å². The Hall–Kier alpha value is -2.70. The molecule has 0 aliphatic rings. The second kappa shape index (κ2) is 10.6. The number of hydrogen-bond acceptors (Lipinski definition) is 4. The summed E-state index contributed by atoms with van der Waals surface area (Å²) in [5, 5.41) is 7.68. The fourth-order valence-corrected chi connectivity index (χ4v) is 3.39. The van der Waals surface area contributed by atoms with Crippen LogP contribution in [0, 0.1) is 6.92 Å². The van der Waals surface area contributed by atoms with Crippen LogP contribution in [0.5, 0.6) is 0 Å². The zero-order chi connectivity index (χ0) is 19.6. The standard InChI is InChI=1S/C22H26N4OS/c1-17-12-24-21(28-17)14-26-22(23-2)25-13-18-8-10-20(11-9-18)16-27-15-19-6-4-3-5-7-19/h3-12H,13-16H2,1-2H3,(H2,23,25,26). The minimum absolute atomic E-state index is 0.610. The molecular weight excluding hydrogens is 368 g/mol. The van der Waals surface area contributed by atoms with E-state index in [1.165, 1.54) is 21.6 Å². The molecule has 3 rings (SSSR count). The molecule has 2 aromatic carbocycles. The van der Waals surface area contributed by atoms with Crippen LogP contribution < -0.4 is 10.6 Å². The van der Waals surface area contributed by atoms with Crippen LogP contribution in [0.15, 0.2) is 65.8 Å². The van der Waals surface area contributed by atoms with Crippen LogP contribution in [0.1, 0.15) is 26.6 Å². The zero-order valence-corrected chi connectivity index (χ0v) is 17.1. The summed E-state index contributed by atoms with van der Waals surface area (Å²) in [6, 6.07) is 18.7. The number of aryl methyl sites for hydroxylation is 1. The van der Waals surface area contributed by atoms with Gasteiger partial charge in [-0.2, -0.15) is 0 Å². The third kappa shape index (κ3) is 6.48. The van der Waals surface area contributed by atoms with Gasteiger partial charge in [-0.15, -0.1) is 11.3 Å². The Morgan fingerprint density at radius 1 is 0.929 bits per heavy atom. The highest BCUT2D eigenvalue weighted by Gasteiger charge is 2.02. The molecule has 146 valence electrons. The average molecular weight is 395 g/mol. The van der Waals surface area contributed by atoms with E-state index >= 15 is 0 Å². The molecular formula is C22H26N4OS. The number of thiazole rings is 1. The van der Waals surface area contributed by atoms with E-state index in [1.54, 1.807) is 18.4 Å². The summed E-state index contributed by atoms with van der Waals surface area (Å²) in [4.78, 5) is 9.83. The lowest BCUT2D eigenvalue weighted by Crippen LogP contribution is -2.36. The Morgan fingerprint density at radius 2 is 1.57 bits per heavy atom. The Labute approximate surface area is 170 Å². The molecule has 2 N–H and O–H groups in total. The molecule has 0 saturated carbocycles. The highest BCUT2D eigenvalue weighted by Crippen LogP contribution is 2.10. The van der Waals surface area contributed by atoms with E-state index in [9.17, 15) is 0 Å². The second-order valence-electron chi connectivity index (χ2n) is 6.44. The normalized spacial score (nSPS) is 11.4. The summed E-state index contributed by atoms with van der Waals surface area (Å²) in [6.07, 6.45) is 1.89. The smallest absolute Gasteiger partial charge is 0.191 e. The lowest BCUT2D eigenvalue weighted by Gasteiger charge is -2.11. The molecule has 5 nitrogen and oxygen atoms in total. The Morgan fingerprint density at radius 3 is 2.21 bits per heavy atom. The Bertz CT molecular complexity index is 875. The molecule has 0 atom stereocenters. The number of aromatic nitrogens is 1. The number of aliphatic imine (C=N–C) groups is 1. The van der Waals surface area contributed by atoms with Gasteiger partial charge in [0, 0.05) is 24.7 Å². The van der Waals surface area contributed by atoms with Gasteiger partial charge in [0.15, 0.2) is 5.96 Å². The van der Waals surface area contributed by atoms with Gasteiger partial charge in [0.25, 0.3) is 0 Å². The van der Waals surface area contributed by atoms with E-state index in [-0.39, 0.29) is 0 Å². The van der Waals surface area contributed by atoms with Crippen LogP contribution in [0.2, 0.25) is 0 Å². The summed E-state index contributed by atoms with van der Waals surface area (Å²) in [6.45, 7) is 4.69. The lowest BCUT2D eigenvalue weighted by atomic mass is 10.1. The SMILES string of the molecule is CN=C(NCc1ccc(COCc2ccccc2)cc1)NCc1ncc(C)s1. The van der Waals surface area contributed by atoms with Gasteiger partial charge in [-0.05, 0) is 23.6 Å². The molecule has 0 bridgehead atoms. The van der Waals surface area contributed by atoms with Gasteiger partial charge < -0.3 is 15.4 Å². The molecule has 0 radical (unpaired) electrons. The quantitative estimate of drug-likeness (QED) is 0.447. The van der Waals surface area contributed by atoms with Crippen molar-refractivity contribution in [2.45, 2.75) is 33.2 Å². The zero-order valence-electron chi connectivity index (χ0n) is 16.3. The van der Waals surface area contributed by atoms with E-state index in [0.717, 1.165) is 11.0 Å². The van der Waals surface area contributed by atoms with Crippen LogP contribution in [-0.4, -0.2) is 18.0 Å². The third-order valence-corrected chi connectivity index (χ3v) is 5.08. The molecule has 0 saturated heterocycles. The van der Waals surface area contributed by atoms with Gasteiger partial charge in [-0.3, -0.25) is 4.99 Å². The maximum atomic E-state index is 5.79. The fourth-order valence-electron chi connectivity index (χ4n) is 2.66. The number of nitrogens with zero attached hydrogens (tertiary/aromatic N) is 2. The molecule has 1 heterocycles. The van der Waals surface area contributed by atoms with Gasteiger partial charge in [-0.1, -0.05) is 54.6 Å². The van der Waals surface area contributed by atoms with Gasteiger partial charge >= 0.3 is 0 Å². The van der Waals surface area contributed by atoms with Crippen LogP contribution in [0.25, 0.3) is 0 Å². The first-order chi connectivity index (χ1) is 13.7. The summed E-state index contributed by atoms with van der Waals surface area (Å²) in [5.41, 5.74) is 3.55. The number of benzene rings is 2. The molecule has 3 aromatic rings. The first-order valence-electron chi connectivity index (χ1n) is 9.28. The molecule has 0 unspecified atom stereocenters. The first kappa shape index (κ1) is 20.0. The highest BCUT2D eigenvalue weighted by atomic mass is 32.1. The van der Waals surface area contributed by atoms with Crippen LogP contribution in [0.4, 0.5) is 0 Å². The monoisotopic (exact) mass is 394 g/mol. The molecule has 0 spiro atoms. The lowest BCUT2D eigenvalue weighted by molar-refractivity contribution is 0.107.